The van der Waals surface area contributed by atoms with Crippen molar-refractivity contribution in [3.05, 3.63) is 54.4 Å². The van der Waals surface area contributed by atoms with E-state index >= 15 is 0 Å². The molecule has 0 saturated carbocycles. The van der Waals surface area contributed by atoms with E-state index in [1.165, 1.54) is 0 Å². The molecule has 1 amide bonds. The molecule has 1 heterocycles. The highest BCUT2D eigenvalue weighted by molar-refractivity contribution is 7.92. The van der Waals surface area contributed by atoms with Crippen LogP contribution in [-0.4, -0.2) is 27.6 Å². The molecule has 6 heteroatoms. The standard InChI is InChI=1S/C16H19N3O2S/c1-22(2,21)19-15-8-6-14(7-9-15)18-16(20)11-10-13-5-3-4-12-17-13/h3-9,12H,10-11H2,1-2H3,(H,18,20). The number of carbonyl (C=O) groups is 1. The van der Waals surface area contributed by atoms with Crippen LogP contribution in [0.3, 0.4) is 0 Å². The molecule has 5 nitrogen and oxygen atoms in total. The number of rotatable bonds is 5. The molecule has 0 spiro atoms. The Kier molecular flexibility index (Phi) is 5.27. The second-order valence-electron chi connectivity index (χ2n) is 5.19. The number of aryl methyl sites for hydroxylation is 1. The summed E-state index contributed by atoms with van der Waals surface area (Å²) in [5, 5.41) is 2.82. The highest BCUT2D eigenvalue weighted by atomic mass is 32.2. The second-order valence-corrected chi connectivity index (χ2v) is 7.73. The molecular weight excluding hydrogens is 298 g/mol. The van der Waals surface area contributed by atoms with Gasteiger partial charge in [0.15, 0.2) is 0 Å². The summed E-state index contributed by atoms with van der Waals surface area (Å²) >= 11 is 0. The molecule has 116 valence electrons. The molecule has 0 fully saturated rings. The third-order valence-corrected chi connectivity index (χ3v) is 3.46. The highest BCUT2D eigenvalue weighted by Gasteiger charge is 2.04. The molecule has 0 aliphatic carbocycles. The van der Waals surface area contributed by atoms with E-state index in [-0.39, 0.29) is 5.91 Å². The largest absolute Gasteiger partial charge is 0.326 e. The second kappa shape index (κ2) is 7.17. The highest BCUT2D eigenvalue weighted by Crippen LogP contribution is 2.18. The fraction of sp³-hybridized carbons (Fsp3) is 0.250. The predicted molar refractivity (Wildman–Crippen MR) is 89.7 cm³/mol. The number of nitrogens with zero attached hydrogens (tertiary/aromatic N) is 2. The lowest BCUT2D eigenvalue weighted by atomic mass is 10.2. The van der Waals surface area contributed by atoms with E-state index in [0.29, 0.717) is 24.2 Å². The minimum atomic E-state index is -2.17. The van der Waals surface area contributed by atoms with Crippen LogP contribution in [0, 0.1) is 0 Å². The van der Waals surface area contributed by atoms with Gasteiger partial charge >= 0.3 is 0 Å². The third-order valence-electron chi connectivity index (χ3n) is 2.81. The first-order chi connectivity index (χ1) is 10.4. The maximum atomic E-state index is 11.9. The van der Waals surface area contributed by atoms with Gasteiger partial charge in [-0.05, 0) is 42.8 Å². The summed E-state index contributed by atoms with van der Waals surface area (Å²) in [4.78, 5) is 16.1. The molecule has 2 aromatic rings. The van der Waals surface area contributed by atoms with Crippen molar-refractivity contribution in [1.82, 2.24) is 4.98 Å². The molecule has 0 aliphatic heterocycles. The molecule has 22 heavy (non-hydrogen) atoms. The molecule has 2 rings (SSSR count). The van der Waals surface area contributed by atoms with Gasteiger partial charge in [-0.3, -0.25) is 9.78 Å². The summed E-state index contributed by atoms with van der Waals surface area (Å²) in [7, 11) is -2.17. The summed E-state index contributed by atoms with van der Waals surface area (Å²) in [6.07, 6.45) is 5.87. The zero-order valence-corrected chi connectivity index (χ0v) is 13.5. The molecule has 0 aliphatic rings. The Morgan fingerprint density at radius 1 is 1.18 bits per heavy atom. The van der Waals surface area contributed by atoms with E-state index in [4.69, 9.17) is 0 Å². The molecule has 0 saturated heterocycles. The Morgan fingerprint density at radius 3 is 2.50 bits per heavy atom. The smallest absolute Gasteiger partial charge is 0.224 e. The van der Waals surface area contributed by atoms with Crippen molar-refractivity contribution in [2.75, 3.05) is 17.8 Å². The van der Waals surface area contributed by atoms with Crippen LogP contribution < -0.4 is 5.32 Å². The Labute approximate surface area is 131 Å². The maximum Gasteiger partial charge on any atom is 0.224 e. The summed E-state index contributed by atoms with van der Waals surface area (Å²) in [5.74, 6) is -0.0647. The van der Waals surface area contributed by atoms with Crippen molar-refractivity contribution in [2.24, 2.45) is 4.36 Å². The van der Waals surface area contributed by atoms with Crippen molar-refractivity contribution >= 4 is 27.0 Å². The van der Waals surface area contributed by atoms with E-state index in [2.05, 4.69) is 14.7 Å². The number of amides is 1. The number of benzene rings is 1. The van der Waals surface area contributed by atoms with Crippen molar-refractivity contribution in [1.29, 1.82) is 0 Å². The lowest BCUT2D eigenvalue weighted by Gasteiger charge is -2.05. The summed E-state index contributed by atoms with van der Waals surface area (Å²) in [6.45, 7) is 0. The van der Waals surface area contributed by atoms with Crippen LogP contribution >= 0.6 is 0 Å². The van der Waals surface area contributed by atoms with Crippen LogP contribution in [0.2, 0.25) is 0 Å². The van der Waals surface area contributed by atoms with Crippen LogP contribution in [0.4, 0.5) is 11.4 Å². The quantitative estimate of drug-likeness (QED) is 0.921. The molecule has 0 atom stereocenters. The van der Waals surface area contributed by atoms with Crippen molar-refractivity contribution in [3.63, 3.8) is 0 Å². The van der Waals surface area contributed by atoms with Gasteiger partial charge in [-0.25, -0.2) is 4.21 Å². The van der Waals surface area contributed by atoms with Gasteiger partial charge in [-0.2, -0.15) is 4.36 Å². The zero-order chi connectivity index (χ0) is 16.0. The Bertz CT molecular complexity index is 741. The number of pyridine rings is 1. The van der Waals surface area contributed by atoms with Gasteiger partial charge in [0.2, 0.25) is 5.91 Å². The van der Waals surface area contributed by atoms with Gasteiger partial charge in [-0.15, -0.1) is 0 Å². The van der Waals surface area contributed by atoms with Gasteiger partial charge in [0.05, 0.1) is 5.69 Å². The Morgan fingerprint density at radius 2 is 1.91 bits per heavy atom. The molecule has 1 N–H and O–H groups in total. The van der Waals surface area contributed by atoms with Gasteiger partial charge in [0.1, 0.15) is 0 Å². The number of hydrogen-bond acceptors (Lipinski definition) is 4. The molecule has 0 unspecified atom stereocenters. The summed E-state index contributed by atoms with van der Waals surface area (Å²) in [5.41, 5.74) is 2.23. The van der Waals surface area contributed by atoms with E-state index in [1.54, 1.807) is 43.0 Å². The van der Waals surface area contributed by atoms with Gasteiger partial charge < -0.3 is 5.32 Å². The van der Waals surface area contributed by atoms with Crippen molar-refractivity contribution in [2.45, 2.75) is 12.8 Å². The average molecular weight is 317 g/mol. The molecule has 1 aromatic heterocycles. The normalized spacial score (nSPS) is 11.0. The van der Waals surface area contributed by atoms with Crippen LogP contribution in [0.5, 0.6) is 0 Å². The minimum Gasteiger partial charge on any atom is -0.326 e. The van der Waals surface area contributed by atoms with Crippen LogP contribution in [0.1, 0.15) is 12.1 Å². The zero-order valence-electron chi connectivity index (χ0n) is 12.7. The van der Waals surface area contributed by atoms with E-state index in [0.717, 1.165) is 5.69 Å². The molecule has 1 aromatic carbocycles. The van der Waals surface area contributed by atoms with E-state index < -0.39 is 9.73 Å². The number of anilines is 1. The summed E-state index contributed by atoms with van der Waals surface area (Å²) < 4.78 is 15.7. The van der Waals surface area contributed by atoms with Crippen molar-refractivity contribution in [3.8, 4) is 0 Å². The number of nitrogens with one attached hydrogen (secondary N) is 1. The first kappa shape index (κ1) is 16.2. The maximum absolute atomic E-state index is 11.9. The van der Waals surface area contributed by atoms with Gasteiger partial charge in [-0.1, -0.05) is 6.07 Å². The lowest BCUT2D eigenvalue weighted by molar-refractivity contribution is -0.116. The first-order valence-electron chi connectivity index (χ1n) is 6.89. The SMILES string of the molecule is CS(C)(=O)=Nc1ccc(NC(=O)CCc2ccccn2)cc1. The minimum absolute atomic E-state index is 0.0647. The lowest BCUT2D eigenvalue weighted by Crippen LogP contribution is -2.12. The van der Waals surface area contributed by atoms with E-state index in [1.807, 2.05) is 18.2 Å². The summed E-state index contributed by atoms with van der Waals surface area (Å²) in [6, 6.07) is 12.6. The average Bonchev–Trinajstić information content (AvgIpc) is 2.47. The van der Waals surface area contributed by atoms with Crippen LogP contribution in [-0.2, 0) is 20.9 Å². The monoisotopic (exact) mass is 317 g/mol. The van der Waals surface area contributed by atoms with Gasteiger partial charge in [0, 0.05) is 46.2 Å². The Hall–Kier alpha value is -2.21. The van der Waals surface area contributed by atoms with Crippen LogP contribution in [0.15, 0.2) is 53.0 Å². The number of hydrogen-bond donors (Lipinski definition) is 1. The number of carbonyl (C=O) groups excluding carboxylic acids is 1. The van der Waals surface area contributed by atoms with Gasteiger partial charge in [0.25, 0.3) is 0 Å². The fourth-order valence-electron chi connectivity index (χ4n) is 1.87. The number of aromatic nitrogens is 1. The molecule has 0 radical (unpaired) electrons. The van der Waals surface area contributed by atoms with Crippen LogP contribution in [0.25, 0.3) is 0 Å². The fourth-order valence-corrected chi connectivity index (χ4v) is 2.50. The predicted octanol–water partition coefficient (Wildman–Crippen LogP) is 3.01. The molecular formula is C16H19N3O2S. The first-order valence-corrected chi connectivity index (χ1v) is 9.22. The topological polar surface area (TPSA) is 71.4 Å². The van der Waals surface area contributed by atoms with Crippen molar-refractivity contribution < 1.29 is 9.00 Å². The molecule has 0 bridgehead atoms. The van der Waals surface area contributed by atoms with E-state index in [9.17, 15) is 9.00 Å². The third kappa shape index (κ3) is 5.65. The Balaban J connectivity index is 1.91.